The molecular weight excluding hydrogens is 428 g/mol. The van der Waals surface area contributed by atoms with Gasteiger partial charge in [0.25, 0.3) is 10.0 Å². The molecule has 2 aromatic heterocycles. The van der Waals surface area contributed by atoms with Crippen LogP contribution in [-0.4, -0.2) is 59.8 Å². The highest BCUT2D eigenvalue weighted by atomic mass is 35.5. The van der Waals surface area contributed by atoms with E-state index in [-0.39, 0.29) is 34.8 Å². The predicted molar refractivity (Wildman–Crippen MR) is 106 cm³/mol. The number of rotatable bonds is 6. The number of nitro groups is 1. The van der Waals surface area contributed by atoms with Gasteiger partial charge < -0.3 is 10.2 Å². The van der Waals surface area contributed by atoms with Crippen LogP contribution in [0.25, 0.3) is 0 Å². The van der Waals surface area contributed by atoms with Crippen LogP contribution < -0.4 is 10.2 Å². The molecule has 1 aliphatic heterocycles. The lowest BCUT2D eigenvalue weighted by molar-refractivity contribution is -0.384. The summed E-state index contributed by atoms with van der Waals surface area (Å²) in [5, 5.41) is 14.3. The van der Waals surface area contributed by atoms with E-state index in [0.717, 1.165) is 24.2 Å². The molecule has 1 saturated carbocycles. The largest absolute Gasteiger partial charge is 0.361 e. The van der Waals surface area contributed by atoms with Gasteiger partial charge in [0.1, 0.15) is 10.4 Å². The van der Waals surface area contributed by atoms with E-state index in [4.69, 9.17) is 11.6 Å². The third-order valence-corrected chi connectivity index (χ3v) is 8.13. The van der Waals surface area contributed by atoms with Crippen LogP contribution in [0.3, 0.4) is 0 Å². The number of piperazine rings is 1. The first-order valence-electron chi connectivity index (χ1n) is 8.63. The van der Waals surface area contributed by atoms with E-state index >= 15 is 0 Å². The summed E-state index contributed by atoms with van der Waals surface area (Å²) >= 11 is 6.88. The Hall–Kier alpha value is -2.02. The van der Waals surface area contributed by atoms with E-state index in [1.54, 1.807) is 6.07 Å². The molecule has 0 unspecified atom stereocenters. The van der Waals surface area contributed by atoms with Gasteiger partial charge in [0.15, 0.2) is 0 Å². The number of anilines is 2. The fraction of sp³-hybridized carbons (Fsp3) is 0.467. The third-order valence-electron chi connectivity index (χ3n) is 4.54. The van der Waals surface area contributed by atoms with Gasteiger partial charge in [0.2, 0.25) is 11.8 Å². The molecule has 3 heterocycles. The third kappa shape index (κ3) is 3.90. The van der Waals surface area contributed by atoms with Gasteiger partial charge in [-0.15, -0.1) is 11.3 Å². The van der Waals surface area contributed by atoms with Crippen LogP contribution >= 0.6 is 22.9 Å². The summed E-state index contributed by atoms with van der Waals surface area (Å²) in [6.45, 7) is 1.31. The maximum Gasteiger partial charge on any atom is 0.329 e. The maximum atomic E-state index is 12.7. The van der Waals surface area contributed by atoms with Gasteiger partial charge in [-0.25, -0.2) is 13.4 Å². The van der Waals surface area contributed by atoms with Crippen molar-refractivity contribution in [3.05, 3.63) is 32.8 Å². The molecule has 0 aromatic carbocycles. The van der Waals surface area contributed by atoms with Crippen molar-refractivity contribution < 1.29 is 13.3 Å². The molecule has 0 atom stereocenters. The second-order valence-electron chi connectivity index (χ2n) is 6.53. The van der Waals surface area contributed by atoms with Gasteiger partial charge in [-0.05, 0) is 25.0 Å². The Kier molecular flexibility index (Phi) is 5.12. The van der Waals surface area contributed by atoms with Crippen molar-refractivity contribution >= 4 is 50.4 Å². The van der Waals surface area contributed by atoms with Gasteiger partial charge >= 0.3 is 5.69 Å². The molecule has 1 aliphatic carbocycles. The maximum absolute atomic E-state index is 12.7. The number of sulfonamides is 1. The van der Waals surface area contributed by atoms with Crippen LogP contribution in [0.2, 0.25) is 4.34 Å². The topological polar surface area (TPSA) is 122 Å². The van der Waals surface area contributed by atoms with E-state index < -0.39 is 14.9 Å². The molecule has 0 radical (unpaired) electrons. The van der Waals surface area contributed by atoms with E-state index in [9.17, 15) is 18.5 Å². The molecule has 4 rings (SSSR count). The van der Waals surface area contributed by atoms with Crippen LogP contribution in [-0.2, 0) is 10.0 Å². The van der Waals surface area contributed by atoms with Crippen molar-refractivity contribution in [3.63, 3.8) is 0 Å². The van der Waals surface area contributed by atoms with E-state index in [0.29, 0.717) is 23.4 Å². The number of nitrogens with zero attached hydrogens (tertiary/aromatic N) is 5. The average molecular weight is 445 g/mol. The lowest BCUT2D eigenvalue weighted by atomic mass is 10.4. The Morgan fingerprint density at radius 1 is 1.25 bits per heavy atom. The van der Waals surface area contributed by atoms with E-state index in [2.05, 4.69) is 15.3 Å². The quantitative estimate of drug-likeness (QED) is 0.531. The summed E-state index contributed by atoms with van der Waals surface area (Å²) in [5.41, 5.74) is -0.161. The van der Waals surface area contributed by atoms with E-state index in [1.165, 1.54) is 16.6 Å². The lowest BCUT2D eigenvalue weighted by Crippen LogP contribution is -2.49. The van der Waals surface area contributed by atoms with E-state index in [1.807, 2.05) is 4.90 Å². The van der Waals surface area contributed by atoms with Crippen molar-refractivity contribution in [1.82, 2.24) is 14.3 Å². The Morgan fingerprint density at radius 2 is 1.96 bits per heavy atom. The SMILES string of the molecule is O=[N+]([O-])c1cnc(N2CCN(S(=O)(=O)c3ccc(Cl)s3)CC2)nc1NC1CC1. The first-order valence-corrected chi connectivity index (χ1v) is 11.3. The summed E-state index contributed by atoms with van der Waals surface area (Å²) in [4.78, 5) is 20.9. The van der Waals surface area contributed by atoms with Crippen molar-refractivity contribution in [2.24, 2.45) is 0 Å². The van der Waals surface area contributed by atoms with Gasteiger partial charge in [0, 0.05) is 32.2 Å². The summed E-state index contributed by atoms with van der Waals surface area (Å²) in [7, 11) is -3.58. The number of thiophene rings is 1. The number of hydrogen-bond donors (Lipinski definition) is 1. The summed E-state index contributed by atoms with van der Waals surface area (Å²) in [6.07, 6.45) is 3.11. The van der Waals surface area contributed by atoms with Crippen LogP contribution in [0.4, 0.5) is 17.5 Å². The first kappa shape index (κ1) is 19.3. The molecule has 2 aliphatic rings. The normalized spacial score (nSPS) is 18.2. The molecule has 150 valence electrons. The summed E-state index contributed by atoms with van der Waals surface area (Å²) in [5.74, 6) is 0.561. The predicted octanol–water partition coefficient (Wildman–Crippen LogP) is 2.18. The van der Waals surface area contributed by atoms with Crippen LogP contribution in [0, 0.1) is 10.1 Å². The molecule has 0 amide bonds. The standard InChI is InChI=1S/C15H17ClN6O4S2/c16-12-3-4-13(27-12)28(25,26)21-7-5-20(6-8-21)15-17-9-11(22(23)24)14(19-15)18-10-1-2-10/h3-4,9-10H,1-2,5-8H2,(H,17,18,19). The molecule has 0 spiro atoms. The molecular formula is C15H17ClN6O4S2. The van der Waals surface area contributed by atoms with Crippen molar-refractivity contribution in [2.45, 2.75) is 23.1 Å². The van der Waals surface area contributed by atoms with Crippen molar-refractivity contribution in [2.75, 3.05) is 36.4 Å². The minimum Gasteiger partial charge on any atom is -0.361 e. The molecule has 13 heteroatoms. The molecule has 10 nitrogen and oxygen atoms in total. The highest BCUT2D eigenvalue weighted by Crippen LogP contribution is 2.31. The number of halogens is 1. The van der Waals surface area contributed by atoms with Crippen LogP contribution in [0.15, 0.2) is 22.5 Å². The summed E-state index contributed by atoms with van der Waals surface area (Å²) < 4.78 is 27.4. The highest BCUT2D eigenvalue weighted by Gasteiger charge is 2.32. The first-order chi connectivity index (χ1) is 13.3. The Bertz CT molecular complexity index is 1000. The highest BCUT2D eigenvalue weighted by molar-refractivity contribution is 7.91. The van der Waals surface area contributed by atoms with Crippen LogP contribution in [0.1, 0.15) is 12.8 Å². The summed E-state index contributed by atoms with van der Waals surface area (Å²) in [6, 6.07) is 3.28. The van der Waals surface area contributed by atoms with Gasteiger partial charge in [0.05, 0.1) is 9.26 Å². The monoisotopic (exact) mass is 444 g/mol. The molecule has 1 N–H and O–H groups in total. The zero-order valence-corrected chi connectivity index (χ0v) is 17.0. The zero-order chi connectivity index (χ0) is 19.9. The second-order valence-corrected chi connectivity index (χ2v) is 10.4. The number of hydrogen-bond acceptors (Lipinski definition) is 9. The van der Waals surface area contributed by atoms with Crippen molar-refractivity contribution in [3.8, 4) is 0 Å². The molecule has 28 heavy (non-hydrogen) atoms. The zero-order valence-electron chi connectivity index (χ0n) is 14.6. The molecule has 2 aromatic rings. The second kappa shape index (κ2) is 7.43. The number of aromatic nitrogens is 2. The molecule has 1 saturated heterocycles. The van der Waals surface area contributed by atoms with Gasteiger partial charge in [-0.2, -0.15) is 9.29 Å². The number of nitrogens with one attached hydrogen (secondary N) is 1. The van der Waals surface area contributed by atoms with Crippen LogP contribution in [0.5, 0.6) is 0 Å². The average Bonchev–Trinajstić information content (AvgIpc) is 3.38. The van der Waals surface area contributed by atoms with Gasteiger partial charge in [-0.3, -0.25) is 10.1 Å². The lowest BCUT2D eigenvalue weighted by Gasteiger charge is -2.33. The smallest absolute Gasteiger partial charge is 0.329 e. The Morgan fingerprint density at radius 3 is 2.54 bits per heavy atom. The fourth-order valence-corrected chi connectivity index (χ4v) is 5.93. The Balaban J connectivity index is 1.48. The Labute approximate surface area is 170 Å². The fourth-order valence-electron chi connectivity index (χ4n) is 2.87. The molecule has 0 bridgehead atoms. The van der Waals surface area contributed by atoms with Gasteiger partial charge in [-0.1, -0.05) is 11.6 Å². The minimum absolute atomic E-state index is 0.161. The minimum atomic E-state index is -3.58. The van der Waals surface area contributed by atoms with Crippen molar-refractivity contribution in [1.29, 1.82) is 0 Å². The molecule has 2 fully saturated rings.